The molecule has 2 fully saturated rings. The lowest BCUT2D eigenvalue weighted by molar-refractivity contribution is -0.141. The Morgan fingerprint density at radius 1 is 0.507 bits per heavy atom. The summed E-state index contributed by atoms with van der Waals surface area (Å²) in [7, 11) is 0. The van der Waals surface area contributed by atoms with E-state index >= 15 is 0 Å². The summed E-state index contributed by atoms with van der Waals surface area (Å²) in [6, 6.07) is 23.8. The van der Waals surface area contributed by atoms with Gasteiger partial charge < -0.3 is 20.0 Å². The molecule has 0 spiro atoms. The molecule has 10 nitrogen and oxygen atoms in total. The molecular weight excluding hydrogens is 1020 g/mol. The number of halogens is 3. The van der Waals surface area contributed by atoms with Crippen LogP contribution in [0.5, 0.6) is 0 Å². The first-order chi connectivity index (χ1) is 34.1. The van der Waals surface area contributed by atoms with E-state index in [9.17, 15) is 19.2 Å². The van der Waals surface area contributed by atoms with Crippen LogP contribution in [0.2, 0.25) is 10.0 Å². The quantitative estimate of drug-likeness (QED) is 0.165. The lowest BCUT2D eigenvalue weighted by Crippen LogP contribution is -2.53. The van der Waals surface area contributed by atoms with Gasteiger partial charge in [0.15, 0.2) is 0 Å². The first kappa shape index (κ1) is 57.3. The van der Waals surface area contributed by atoms with Crippen LogP contribution in [0, 0.1) is 10.8 Å². The summed E-state index contributed by atoms with van der Waals surface area (Å²) in [6.07, 6.45) is 3.74. The van der Waals surface area contributed by atoms with Crippen LogP contribution in [0.3, 0.4) is 0 Å². The van der Waals surface area contributed by atoms with Gasteiger partial charge in [-0.05, 0) is 105 Å². The Kier molecular flexibility index (Phi) is 18.6. The zero-order valence-corrected chi connectivity index (χ0v) is 48.1. The molecule has 1 N–H and O–H groups in total. The van der Waals surface area contributed by atoms with E-state index in [1.807, 2.05) is 79.4 Å². The van der Waals surface area contributed by atoms with E-state index in [4.69, 9.17) is 34.8 Å². The third kappa shape index (κ3) is 15.1. The number of hydrogen-bond acceptors (Lipinski definition) is 9. The van der Waals surface area contributed by atoms with Crippen LogP contribution in [0.25, 0.3) is 43.1 Å². The largest absolute Gasteiger partial charge is 0.339 e. The number of aromatic nitrogens is 2. The van der Waals surface area contributed by atoms with Crippen LogP contribution in [0.4, 0.5) is 0 Å². The number of carbonyl (C=O) groups excluding carboxylic acids is 4. The van der Waals surface area contributed by atoms with Crippen molar-refractivity contribution < 1.29 is 19.2 Å². The van der Waals surface area contributed by atoms with Gasteiger partial charge in [-0.3, -0.25) is 29.1 Å². The average molecular weight is 1080 g/mol. The second-order valence-corrected chi connectivity index (χ2v) is 25.5. The number of rotatable bonds is 6. The molecule has 2 saturated heterocycles. The average Bonchev–Trinajstić information content (AvgIpc) is 4.05. The number of pyridine rings is 2. The molecule has 0 saturated carbocycles. The van der Waals surface area contributed by atoms with E-state index in [0.29, 0.717) is 47.4 Å². The van der Waals surface area contributed by atoms with Gasteiger partial charge in [-0.1, -0.05) is 118 Å². The van der Waals surface area contributed by atoms with E-state index in [1.165, 1.54) is 4.88 Å². The van der Waals surface area contributed by atoms with Crippen molar-refractivity contribution in [3.63, 3.8) is 0 Å². The minimum Gasteiger partial charge on any atom is -0.339 e. The molecule has 73 heavy (non-hydrogen) atoms. The summed E-state index contributed by atoms with van der Waals surface area (Å²) >= 11 is 21.7. The molecule has 15 heteroatoms. The molecule has 8 rings (SSSR count). The Labute approximate surface area is 455 Å². The van der Waals surface area contributed by atoms with Gasteiger partial charge in [0.25, 0.3) is 11.8 Å². The van der Waals surface area contributed by atoms with E-state index in [0.717, 1.165) is 75.8 Å². The highest BCUT2D eigenvalue weighted by atomic mass is 35.5. The first-order valence-electron chi connectivity index (χ1n) is 24.6. The van der Waals surface area contributed by atoms with Crippen molar-refractivity contribution in [2.24, 2.45) is 10.8 Å². The van der Waals surface area contributed by atoms with Crippen LogP contribution in [-0.4, -0.2) is 100.0 Å². The van der Waals surface area contributed by atoms with Gasteiger partial charge >= 0.3 is 0 Å². The standard InChI is InChI=1S/C29H34ClN3O2S.C24H26ClN3OS.C5H9ClO/c1-28(2,3)25-17-19(9-10-31-25)24-16-21(18-36-24)22-8-7-20(15-23(22)30)26(34)32-11-13-33(14-12-32)27(35)29(4,5)6;1-24(2,3)22-14-16(6-7-27-22)21-13-18(15-30-21)19-5-4-17(12-20(19)25)23(29)28-10-8-26-9-11-28;1-5(2,3)4(6)7/h7-10,15-18H,11-14H2,1-6H3;4-7,12-15,26H,8-11H2,1-3H3;1-3H3. The molecule has 6 aromatic rings. The predicted molar refractivity (Wildman–Crippen MR) is 304 cm³/mol. The Morgan fingerprint density at radius 3 is 1.25 bits per heavy atom. The highest BCUT2D eigenvalue weighted by Gasteiger charge is 2.31. The minimum absolute atomic E-state index is 0.00615. The SMILES string of the molecule is CC(C)(C)C(=O)Cl.CC(C)(C)C(=O)N1CCN(C(=O)c2ccc(-c3csc(-c4ccnc(C(C)(C)C)c4)c3)c(Cl)c2)CC1.CC(C)(C)c1cc(-c2cc(-c3ccc(C(=O)N4CCNCC4)cc3Cl)cs2)ccn1. The normalized spacial score (nSPS) is 14.4. The van der Waals surface area contributed by atoms with Crippen molar-refractivity contribution in [2.45, 2.75) is 93.9 Å². The predicted octanol–water partition coefficient (Wildman–Crippen LogP) is 14.0. The van der Waals surface area contributed by atoms with E-state index in [2.05, 4.69) is 91.9 Å². The fraction of sp³-hybridized carbons (Fsp3) is 0.414. The fourth-order valence-electron chi connectivity index (χ4n) is 7.83. The molecule has 2 aromatic carbocycles. The molecule has 2 aliphatic rings. The number of amides is 3. The van der Waals surface area contributed by atoms with Crippen molar-refractivity contribution in [3.8, 4) is 43.1 Å². The molecule has 0 bridgehead atoms. The lowest BCUT2D eigenvalue weighted by atomic mass is 9.90. The van der Waals surface area contributed by atoms with Crippen LogP contribution < -0.4 is 5.32 Å². The number of nitrogens with zero attached hydrogens (tertiary/aromatic N) is 5. The van der Waals surface area contributed by atoms with E-state index < -0.39 is 5.41 Å². The molecular formula is C58H69Cl3N6O4S2. The van der Waals surface area contributed by atoms with E-state index in [1.54, 1.807) is 60.5 Å². The van der Waals surface area contributed by atoms with Crippen LogP contribution in [0.15, 0.2) is 96.0 Å². The van der Waals surface area contributed by atoms with Crippen molar-refractivity contribution in [1.82, 2.24) is 30.0 Å². The third-order valence-corrected chi connectivity index (χ3v) is 15.5. The fourth-order valence-corrected chi connectivity index (χ4v) is 10.2. The van der Waals surface area contributed by atoms with Gasteiger partial charge in [0.1, 0.15) is 0 Å². The number of hydrogen-bond donors (Lipinski definition) is 1. The Hall–Kier alpha value is -4.95. The summed E-state index contributed by atoms with van der Waals surface area (Å²) in [5, 5.41) is 8.35. The summed E-state index contributed by atoms with van der Waals surface area (Å²) in [4.78, 5) is 65.5. The van der Waals surface area contributed by atoms with Crippen molar-refractivity contribution in [1.29, 1.82) is 0 Å². The van der Waals surface area contributed by atoms with Crippen molar-refractivity contribution in [3.05, 3.63) is 129 Å². The van der Waals surface area contributed by atoms with Gasteiger partial charge in [-0.25, -0.2) is 0 Å². The smallest absolute Gasteiger partial charge is 0.254 e. The highest BCUT2D eigenvalue weighted by Crippen LogP contribution is 2.39. The summed E-state index contributed by atoms with van der Waals surface area (Å²) in [5.74, 6) is 0.116. The topological polar surface area (TPSA) is 116 Å². The van der Waals surface area contributed by atoms with Gasteiger partial charge in [0.05, 0.1) is 0 Å². The number of nitrogens with one attached hydrogen (secondary N) is 1. The first-order valence-corrected chi connectivity index (χ1v) is 27.5. The molecule has 2 aliphatic heterocycles. The Morgan fingerprint density at radius 2 is 0.890 bits per heavy atom. The van der Waals surface area contributed by atoms with Gasteiger partial charge in [-0.2, -0.15) is 0 Å². The van der Waals surface area contributed by atoms with Crippen LogP contribution in [-0.2, 0) is 20.4 Å². The molecule has 0 unspecified atom stereocenters. The summed E-state index contributed by atoms with van der Waals surface area (Å²) in [6.45, 7) is 29.4. The van der Waals surface area contributed by atoms with E-state index in [-0.39, 0.29) is 39.2 Å². The maximum atomic E-state index is 13.1. The van der Waals surface area contributed by atoms with Crippen LogP contribution >= 0.6 is 57.5 Å². The van der Waals surface area contributed by atoms with Gasteiger partial charge in [-0.15, -0.1) is 22.7 Å². The van der Waals surface area contributed by atoms with Crippen molar-refractivity contribution in [2.75, 3.05) is 52.4 Å². The molecule has 0 atom stereocenters. The van der Waals surface area contributed by atoms with Crippen molar-refractivity contribution >= 4 is 80.4 Å². The molecule has 4 aromatic heterocycles. The molecule has 3 amide bonds. The second kappa shape index (κ2) is 23.7. The highest BCUT2D eigenvalue weighted by molar-refractivity contribution is 7.14. The van der Waals surface area contributed by atoms with Crippen LogP contribution in [0.1, 0.15) is 115 Å². The Bertz CT molecular complexity index is 2930. The molecule has 388 valence electrons. The summed E-state index contributed by atoms with van der Waals surface area (Å²) < 4.78 is 0. The number of piperazine rings is 2. The third-order valence-electron chi connectivity index (χ3n) is 12.4. The molecule has 0 aliphatic carbocycles. The second-order valence-electron chi connectivity index (χ2n) is 22.5. The number of carbonyl (C=O) groups is 4. The zero-order chi connectivity index (χ0) is 53.6. The Balaban J connectivity index is 0.000000213. The molecule has 0 radical (unpaired) electrons. The number of thiophene rings is 2. The monoisotopic (exact) mass is 1080 g/mol. The maximum absolute atomic E-state index is 13.1. The lowest BCUT2D eigenvalue weighted by Gasteiger charge is -2.37. The van der Waals surface area contributed by atoms with Gasteiger partial charge in [0, 0.05) is 140 Å². The molecule has 6 heterocycles. The van der Waals surface area contributed by atoms with Gasteiger partial charge in [0.2, 0.25) is 11.1 Å². The summed E-state index contributed by atoms with van der Waals surface area (Å²) in [5.41, 5.74) is 8.78. The maximum Gasteiger partial charge on any atom is 0.254 e. The minimum atomic E-state index is -0.413. The zero-order valence-electron chi connectivity index (χ0n) is 44.2. The number of benzene rings is 2.